The first-order valence-corrected chi connectivity index (χ1v) is 12.1. The maximum Gasteiger partial charge on any atom is 0.417 e. The van der Waals surface area contributed by atoms with Crippen LogP contribution in [0.1, 0.15) is 36.8 Å². The molecule has 1 fully saturated rings. The Bertz CT molecular complexity index is 1460. The second kappa shape index (κ2) is 7.65. The van der Waals surface area contributed by atoms with Gasteiger partial charge >= 0.3 is 6.18 Å². The van der Waals surface area contributed by atoms with Gasteiger partial charge in [0.1, 0.15) is 15.9 Å². The van der Waals surface area contributed by atoms with Crippen molar-refractivity contribution < 1.29 is 21.6 Å². The number of aromatic nitrogens is 4. The standard InChI is InChI=1S/C23H19F3N4O2S/c1-2-33(31,32)21-9-17(16-7-5-15(6-8-16)14-3-4-14)11-28-22(21)30-13-20-19(29-30)10-18(12-27-20)23(24,25)26/h5-14H,2-4H2,1H3. The Balaban J connectivity index is 1.61. The molecule has 1 aliphatic rings. The quantitative estimate of drug-likeness (QED) is 0.400. The van der Waals surface area contributed by atoms with E-state index in [-0.39, 0.29) is 27.5 Å². The molecule has 1 aliphatic carbocycles. The second-order valence-electron chi connectivity index (χ2n) is 8.05. The highest BCUT2D eigenvalue weighted by atomic mass is 32.2. The third-order valence-corrected chi connectivity index (χ3v) is 7.47. The van der Waals surface area contributed by atoms with Crippen LogP contribution in [-0.2, 0) is 16.0 Å². The molecule has 3 heterocycles. The summed E-state index contributed by atoms with van der Waals surface area (Å²) in [5, 5.41) is 4.13. The minimum atomic E-state index is -4.56. The third-order valence-electron chi connectivity index (χ3n) is 5.74. The van der Waals surface area contributed by atoms with Crippen LogP contribution in [0, 0.1) is 0 Å². The highest BCUT2D eigenvalue weighted by molar-refractivity contribution is 7.91. The van der Waals surface area contributed by atoms with Gasteiger partial charge in [-0.1, -0.05) is 31.2 Å². The minimum absolute atomic E-state index is 0.00814. The first-order valence-electron chi connectivity index (χ1n) is 10.4. The average molecular weight is 472 g/mol. The summed E-state index contributed by atoms with van der Waals surface area (Å²) in [5.41, 5.74) is 1.98. The van der Waals surface area contributed by atoms with E-state index in [0.29, 0.717) is 11.5 Å². The van der Waals surface area contributed by atoms with Gasteiger partial charge in [0, 0.05) is 18.0 Å². The van der Waals surface area contributed by atoms with Gasteiger partial charge in [0.05, 0.1) is 17.5 Å². The number of benzene rings is 1. The van der Waals surface area contributed by atoms with Gasteiger partial charge in [-0.2, -0.15) is 18.3 Å². The molecule has 0 spiro atoms. The molecule has 6 nitrogen and oxygen atoms in total. The van der Waals surface area contributed by atoms with E-state index in [1.54, 1.807) is 0 Å². The van der Waals surface area contributed by atoms with E-state index >= 15 is 0 Å². The molecule has 10 heteroatoms. The first-order chi connectivity index (χ1) is 15.7. The van der Waals surface area contributed by atoms with Crippen molar-refractivity contribution in [2.45, 2.75) is 36.8 Å². The number of pyridine rings is 2. The molecular formula is C23H19F3N4O2S. The molecule has 0 amide bonds. The number of fused-ring (bicyclic) bond motifs is 1. The normalized spacial score (nSPS) is 14.7. The Morgan fingerprint density at radius 3 is 2.36 bits per heavy atom. The van der Waals surface area contributed by atoms with Crippen LogP contribution >= 0.6 is 0 Å². The zero-order chi connectivity index (χ0) is 23.4. The average Bonchev–Trinajstić information content (AvgIpc) is 3.56. The fourth-order valence-corrected chi connectivity index (χ4v) is 4.73. The van der Waals surface area contributed by atoms with Gasteiger partial charge in [-0.05, 0) is 42.0 Å². The van der Waals surface area contributed by atoms with Crippen LogP contribution < -0.4 is 0 Å². The van der Waals surface area contributed by atoms with Gasteiger partial charge < -0.3 is 0 Å². The van der Waals surface area contributed by atoms with Crippen LogP contribution in [0.2, 0.25) is 0 Å². The molecule has 0 atom stereocenters. The van der Waals surface area contributed by atoms with Crippen LogP contribution in [-0.4, -0.2) is 33.9 Å². The Labute approximate surface area is 188 Å². The van der Waals surface area contributed by atoms with E-state index < -0.39 is 21.6 Å². The molecular weight excluding hydrogens is 453 g/mol. The van der Waals surface area contributed by atoms with Crippen molar-refractivity contribution in [1.82, 2.24) is 19.7 Å². The van der Waals surface area contributed by atoms with Crippen molar-refractivity contribution in [2.24, 2.45) is 0 Å². The van der Waals surface area contributed by atoms with E-state index in [1.807, 2.05) is 24.3 Å². The zero-order valence-corrected chi connectivity index (χ0v) is 18.4. The molecule has 0 saturated heterocycles. The van der Waals surface area contributed by atoms with E-state index in [0.717, 1.165) is 17.8 Å². The van der Waals surface area contributed by atoms with Crippen molar-refractivity contribution >= 4 is 20.9 Å². The Morgan fingerprint density at radius 2 is 1.73 bits per heavy atom. The SMILES string of the molecule is CCS(=O)(=O)c1cc(-c2ccc(C3CC3)cc2)cnc1-n1cc2ncc(C(F)(F)F)cc2n1. The fourth-order valence-electron chi connectivity index (χ4n) is 3.68. The number of hydrogen-bond donors (Lipinski definition) is 0. The molecule has 0 unspecified atom stereocenters. The van der Waals surface area contributed by atoms with Crippen LogP contribution in [0.3, 0.4) is 0 Å². The first kappa shape index (κ1) is 21.6. The van der Waals surface area contributed by atoms with Crippen LogP contribution in [0.4, 0.5) is 13.2 Å². The summed E-state index contributed by atoms with van der Waals surface area (Å²) in [6.45, 7) is 1.52. The molecule has 1 saturated carbocycles. The van der Waals surface area contributed by atoms with Gasteiger partial charge in [-0.25, -0.2) is 18.1 Å². The molecule has 0 aliphatic heterocycles. The van der Waals surface area contributed by atoms with E-state index in [9.17, 15) is 21.6 Å². The Hall–Kier alpha value is -3.27. The number of nitrogens with zero attached hydrogens (tertiary/aromatic N) is 4. The Kier molecular flexibility index (Phi) is 5.00. The lowest BCUT2D eigenvalue weighted by atomic mass is 10.0. The summed E-state index contributed by atoms with van der Waals surface area (Å²) < 4.78 is 66.0. The van der Waals surface area contributed by atoms with Gasteiger partial charge in [0.2, 0.25) is 0 Å². The van der Waals surface area contributed by atoms with E-state index in [2.05, 4.69) is 15.1 Å². The number of hydrogen-bond acceptors (Lipinski definition) is 5. The third kappa shape index (κ3) is 4.10. The van der Waals surface area contributed by atoms with Crippen molar-refractivity contribution in [1.29, 1.82) is 0 Å². The molecule has 1 aromatic carbocycles. The number of alkyl halides is 3. The second-order valence-corrected chi connectivity index (χ2v) is 10.3. The topological polar surface area (TPSA) is 77.7 Å². The van der Waals surface area contributed by atoms with Crippen molar-refractivity contribution in [2.75, 3.05) is 5.75 Å². The van der Waals surface area contributed by atoms with Crippen molar-refractivity contribution in [3.8, 4) is 16.9 Å². The van der Waals surface area contributed by atoms with Crippen LogP contribution in [0.5, 0.6) is 0 Å². The lowest BCUT2D eigenvalue weighted by Crippen LogP contribution is -2.11. The number of sulfone groups is 1. The van der Waals surface area contributed by atoms with Crippen LogP contribution in [0.15, 0.2) is 59.9 Å². The molecule has 0 radical (unpaired) electrons. The zero-order valence-electron chi connectivity index (χ0n) is 17.5. The smallest absolute Gasteiger partial charge is 0.252 e. The van der Waals surface area contributed by atoms with Gasteiger partial charge in [0.25, 0.3) is 0 Å². The summed E-state index contributed by atoms with van der Waals surface area (Å²) in [7, 11) is -3.71. The number of rotatable bonds is 5. The van der Waals surface area contributed by atoms with E-state index in [4.69, 9.17) is 0 Å². The molecule has 0 N–H and O–H groups in total. The lowest BCUT2D eigenvalue weighted by molar-refractivity contribution is -0.137. The summed E-state index contributed by atoms with van der Waals surface area (Å²) in [6.07, 6.45) is 1.45. The Morgan fingerprint density at radius 1 is 1.00 bits per heavy atom. The lowest BCUT2D eigenvalue weighted by Gasteiger charge is -2.11. The van der Waals surface area contributed by atoms with Crippen molar-refractivity contribution in [3.63, 3.8) is 0 Å². The predicted molar refractivity (Wildman–Crippen MR) is 117 cm³/mol. The predicted octanol–water partition coefficient (Wildman–Crippen LogP) is 5.17. The largest absolute Gasteiger partial charge is 0.417 e. The monoisotopic (exact) mass is 472 g/mol. The maximum absolute atomic E-state index is 13.0. The summed E-state index contributed by atoms with van der Waals surface area (Å²) in [6, 6.07) is 10.4. The highest BCUT2D eigenvalue weighted by Crippen LogP contribution is 2.40. The molecule has 3 aromatic heterocycles. The molecule has 170 valence electrons. The van der Waals surface area contributed by atoms with Gasteiger partial charge in [0.15, 0.2) is 15.7 Å². The molecule has 33 heavy (non-hydrogen) atoms. The molecule has 0 bridgehead atoms. The summed E-state index contributed by atoms with van der Waals surface area (Å²) >= 11 is 0. The maximum atomic E-state index is 13.0. The fraction of sp³-hybridized carbons (Fsp3) is 0.261. The molecule has 4 aromatic rings. The molecule has 5 rings (SSSR count). The van der Waals surface area contributed by atoms with Crippen molar-refractivity contribution in [3.05, 3.63) is 66.1 Å². The van der Waals surface area contributed by atoms with Gasteiger partial charge in [-0.15, -0.1) is 0 Å². The summed E-state index contributed by atoms with van der Waals surface area (Å²) in [5.74, 6) is 0.459. The summed E-state index contributed by atoms with van der Waals surface area (Å²) in [4.78, 5) is 8.12. The highest BCUT2D eigenvalue weighted by Gasteiger charge is 2.31. The number of halogens is 3. The van der Waals surface area contributed by atoms with Gasteiger partial charge in [-0.3, -0.25) is 4.98 Å². The van der Waals surface area contributed by atoms with E-state index in [1.165, 1.54) is 48.5 Å². The minimum Gasteiger partial charge on any atom is -0.252 e. The van der Waals surface area contributed by atoms with Crippen LogP contribution in [0.25, 0.3) is 28.0 Å².